The number of hydrogen-bond acceptors (Lipinski definition) is 3. The molecular formula is C23H23F6NO3. The molecule has 10 heteroatoms. The van der Waals surface area contributed by atoms with Crippen molar-refractivity contribution >= 4 is 6.09 Å². The normalized spacial score (nSPS) is 21.8. The molecule has 33 heavy (non-hydrogen) atoms. The Bertz CT molecular complexity index is 936. The molecule has 0 saturated heterocycles. The van der Waals surface area contributed by atoms with Crippen LogP contribution in [0.25, 0.3) is 0 Å². The number of benzene rings is 2. The average Bonchev–Trinajstić information content (AvgIpc) is 2.71. The summed E-state index contributed by atoms with van der Waals surface area (Å²) in [6.45, 7) is 1.62. The summed E-state index contributed by atoms with van der Waals surface area (Å²) >= 11 is 0. The molecule has 4 nitrogen and oxygen atoms in total. The third-order valence-corrected chi connectivity index (χ3v) is 5.90. The van der Waals surface area contributed by atoms with Gasteiger partial charge in [-0.25, -0.2) is 4.79 Å². The van der Waals surface area contributed by atoms with E-state index >= 15 is 0 Å². The number of halogens is 6. The highest BCUT2D eigenvalue weighted by atomic mass is 19.4. The number of alkyl halides is 6. The molecule has 2 aromatic carbocycles. The van der Waals surface area contributed by atoms with Crippen LogP contribution in [0.15, 0.2) is 48.5 Å². The molecule has 0 heterocycles. The number of nitrogens with two attached hydrogens (primary N) is 1. The third kappa shape index (κ3) is 5.98. The first-order valence-electron chi connectivity index (χ1n) is 10.2. The standard InChI is InChI=1S/C23H23F6NO3/c1-14(16-7-18(22(24,25)26)9-19(8-16)23(27,28)29)33-13-21(17-5-3-2-4-6-17)10-15(11-21)12-32-20(30)31/h2-9,14-15H,10-13H2,1H3,(H2,30,31)/t14-,15-,21+/m1/s1. The van der Waals surface area contributed by atoms with Gasteiger partial charge in [0.2, 0.25) is 0 Å². The molecule has 2 N–H and O–H groups in total. The summed E-state index contributed by atoms with van der Waals surface area (Å²) in [7, 11) is 0. The highest BCUT2D eigenvalue weighted by Crippen LogP contribution is 2.49. The van der Waals surface area contributed by atoms with Gasteiger partial charge in [-0.3, -0.25) is 0 Å². The highest BCUT2D eigenvalue weighted by Gasteiger charge is 2.46. The lowest BCUT2D eigenvalue weighted by Crippen LogP contribution is -2.47. The van der Waals surface area contributed by atoms with Gasteiger partial charge >= 0.3 is 18.4 Å². The Labute approximate surface area is 186 Å². The lowest BCUT2D eigenvalue weighted by molar-refractivity contribution is -0.143. The monoisotopic (exact) mass is 475 g/mol. The van der Waals surface area contributed by atoms with E-state index in [9.17, 15) is 31.1 Å². The quantitative estimate of drug-likeness (QED) is 0.482. The maximum atomic E-state index is 13.2. The Morgan fingerprint density at radius 1 is 1.03 bits per heavy atom. The van der Waals surface area contributed by atoms with Crippen molar-refractivity contribution in [2.24, 2.45) is 11.7 Å². The Morgan fingerprint density at radius 3 is 2.06 bits per heavy atom. The van der Waals surface area contributed by atoms with Crippen LogP contribution in [-0.2, 0) is 27.2 Å². The van der Waals surface area contributed by atoms with Crippen LogP contribution in [0.3, 0.4) is 0 Å². The molecular weight excluding hydrogens is 452 g/mol. The first kappa shape index (κ1) is 24.9. The van der Waals surface area contributed by atoms with Gasteiger partial charge in [-0.15, -0.1) is 0 Å². The Hall–Kier alpha value is -2.75. The van der Waals surface area contributed by atoms with Crippen molar-refractivity contribution in [1.29, 1.82) is 0 Å². The van der Waals surface area contributed by atoms with E-state index in [1.165, 1.54) is 6.92 Å². The molecule has 2 aromatic rings. The van der Waals surface area contributed by atoms with Crippen molar-refractivity contribution in [3.05, 3.63) is 70.8 Å². The fraction of sp³-hybridized carbons (Fsp3) is 0.435. The highest BCUT2D eigenvalue weighted by molar-refractivity contribution is 5.64. The zero-order chi connectivity index (χ0) is 24.4. The van der Waals surface area contributed by atoms with Crippen molar-refractivity contribution in [2.75, 3.05) is 13.2 Å². The number of ether oxygens (including phenoxy) is 2. The van der Waals surface area contributed by atoms with Gasteiger partial charge in [-0.2, -0.15) is 26.3 Å². The van der Waals surface area contributed by atoms with Crippen molar-refractivity contribution in [1.82, 2.24) is 0 Å². The topological polar surface area (TPSA) is 61.6 Å². The summed E-state index contributed by atoms with van der Waals surface area (Å²) in [6, 6.07) is 10.7. The summed E-state index contributed by atoms with van der Waals surface area (Å²) in [5.74, 6) is 0.0157. The van der Waals surface area contributed by atoms with E-state index in [2.05, 4.69) is 0 Å². The van der Waals surface area contributed by atoms with Crippen LogP contribution < -0.4 is 5.73 Å². The maximum Gasteiger partial charge on any atom is 0.416 e. The minimum absolute atomic E-state index is 0.0157. The molecule has 3 rings (SSSR count). The zero-order valence-electron chi connectivity index (χ0n) is 17.7. The van der Waals surface area contributed by atoms with Crippen molar-refractivity contribution in [3.8, 4) is 0 Å². The smallest absolute Gasteiger partial charge is 0.416 e. The minimum atomic E-state index is -4.93. The van der Waals surface area contributed by atoms with Crippen LogP contribution in [0.2, 0.25) is 0 Å². The van der Waals surface area contributed by atoms with Gasteiger partial charge in [0.05, 0.1) is 30.4 Å². The molecule has 0 unspecified atom stereocenters. The fourth-order valence-electron chi connectivity index (χ4n) is 4.19. The van der Waals surface area contributed by atoms with Crippen LogP contribution in [-0.4, -0.2) is 19.3 Å². The van der Waals surface area contributed by atoms with E-state index in [1.54, 1.807) is 0 Å². The SMILES string of the molecule is C[C@@H](OC[C@]1(c2ccccc2)C[C@@H](COC(N)=O)C1)c1cc(C(F)(F)F)cc(C(F)(F)F)c1. The largest absolute Gasteiger partial charge is 0.449 e. The summed E-state index contributed by atoms with van der Waals surface area (Å²) in [5, 5.41) is 0. The lowest BCUT2D eigenvalue weighted by atomic mass is 9.59. The molecule has 0 aromatic heterocycles. The van der Waals surface area contributed by atoms with E-state index in [4.69, 9.17) is 15.2 Å². The van der Waals surface area contributed by atoms with Gasteiger partial charge in [0.1, 0.15) is 0 Å². The summed E-state index contributed by atoms with van der Waals surface area (Å²) in [5.41, 5.74) is 2.44. The molecule has 1 amide bonds. The molecule has 0 bridgehead atoms. The average molecular weight is 475 g/mol. The maximum absolute atomic E-state index is 13.2. The van der Waals surface area contributed by atoms with E-state index in [1.807, 2.05) is 30.3 Å². The number of hydrogen-bond donors (Lipinski definition) is 1. The van der Waals surface area contributed by atoms with Gasteiger partial charge in [0.25, 0.3) is 0 Å². The van der Waals surface area contributed by atoms with Gasteiger partial charge in [0, 0.05) is 5.41 Å². The van der Waals surface area contributed by atoms with Gasteiger partial charge in [0.15, 0.2) is 0 Å². The molecule has 180 valence electrons. The number of rotatable bonds is 7. The summed E-state index contributed by atoms with van der Waals surface area (Å²) < 4.78 is 89.8. The van der Waals surface area contributed by atoms with E-state index in [0.29, 0.717) is 25.0 Å². The first-order valence-corrected chi connectivity index (χ1v) is 10.2. The molecule has 1 atom stereocenters. The van der Waals surface area contributed by atoms with Crippen molar-refractivity contribution in [3.63, 3.8) is 0 Å². The fourth-order valence-corrected chi connectivity index (χ4v) is 4.19. The minimum Gasteiger partial charge on any atom is -0.449 e. The zero-order valence-corrected chi connectivity index (χ0v) is 17.7. The van der Waals surface area contributed by atoms with Crippen LogP contribution in [0, 0.1) is 5.92 Å². The third-order valence-electron chi connectivity index (χ3n) is 5.90. The molecule has 1 aliphatic rings. The predicted molar refractivity (Wildman–Crippen MR) is 107 cm³/mol. The molecule has 0 radical (unpaired) electrons. The number of carbonyl (C=O) groups is 1. The first-order chi connectivity index (χ1) is 15.3. The predicted octanol–water partition coefficient (Wildman–Crippen LogP) is 6.25. The van der Waals surface area contributed by atoms with Gasteiger partial charge < -0.3 is 15.2 Å². The summed E-state index contributed by atoms with van der Waals surface area (Å²) in [4.78, 5) is 10.9. The summed E-state index contributed by atoms with van der Waals surface area (Å²) in [6.07, 6.45) is -10.6. The lowest BCUT2D eigenvalue weighted by Gasteiger charge is -2.48. The second-order valence-corrected chi connectivity index (χ2v) is 8.34. The number of amides is 1. The second-order valence-electron chi connectivity index (χ2n) is 8.34. The number of carbonyl (C=O) groups excluding carboxylic acids is 1. The van der Waals surface area contributed by atoms with Crippen molar-refractivity contribution in [2.45, 2.75) is 43.6 Å². The Kier molecular flexibility index (Phi) is 6.97. The van der Waals surface area contributed by atoms with Crippen LogP contribution >= 0.6 is 0 Å². The molecule has 0 spiro atoms. The van der Waals surface area contributed by atoms with Crippen LogP contribution in [0.5, 0.6) is 0 Å². The van der Waals surface area contributed by atoms with Crippen LogP contribution in [0.1, 0.15) is 48.1 Å². The van der Waals surface area contributed by atoms with Gasteiger partial charge in [-0.05, 0) is 55.0 Å². The Balaban J connectivity index is 1.80. The van der Waals surface area contributed by atoms with Gasteiger partial charge in [-0.1, -0.05) is 30.3 Å². The van der Waals surface area contributed by atoms with Crippen LogP contribution in [0.4, 0.5) is 31.1 Å². The molecule has 1 aliphatic carbocycles. The van der Waals surface area contributed by atoms with Crippen molar-refractivity contribution < 1.29 is 40.6 Å². The second kappa shape index (κ2) is 9.24. The van der Waals surface area contributed by atoms with E-state index in [-0.39, 0.29) is 30.8 Å². The van der Waals surface area contributed by atoms with E-state index < -0.39 is 41.1 Å². The molecule has 1 saturated carbocycles. The van der Waals surface area contributed by atoms with E-state index in [0.717, 1.165) is 5.56 Å². The number of primary amides is 1. The molecule has 1 fully saturated rings. The Morgan fingerprint density at radius 2 is 1.58 bits per heavy atom. The molecule has 0 aliphatic heterocycles.